The van der Waals surface area contributed by atoms with Crippen LogP contribution in [0.1, 0.15) is 16.7 Å². The van der Waals surface area contributed by atoms with Crippen LogP contribution in [0.5, 0.6) is 0 Å². The lowest BCUT2D eigenvalue weighted by Gasteiger charge is -2.07. The zero-order chi connectivity index (χ0) is 11.9. The van der Waals surface area contributed by atoms with E-state index in [0.29, 0.717) is 0 Å². The van der Waals surface area contributed by atoms with Crippen molar-refractivity contribution in [2.45, 2.75) is 19.9 Å². The Hall–Kier alpha value is -1.60. The van der Waals surface area contributed by atoms with Crippen LogP contribution in [-0.4, -0.2) is 6.54 Å². The van der Waals surface area contributed by atoms with Crippen molar-refractivity contribution >= 4 is 0 Å². The minimum Gasteiger partial charge on any atom is -0.312 e. The molecule has 0 aliphatic heterocycles. The first-order valence-corrected chi connectivity index (χ1v) is 6.15. The van der Waals surface area contributed by atoms with Gasteiger partial charge in [-0.2, -0.15) is 0 Å². The Labute approximate surface area is 103 Å². The Morgan fingerprint density at radius 1 is 0.882 bits per heavy atom. The van der Waals surface area contributed by atoms with Crippen LogP contribution in [0, 0.1) is 6.92 Å². The maximum Gasteiger partial charge on any atom is 0.0208 e. The second-order valence-corrected chi connectivity index (χ2v) is 4.34. The van der Waals surface area contributed by atoms with E-state index >= 15 is 0 Å². The van der Waals surface area contributed by atoms with Crippen molar-refractivity contribution in [3.05, 3.63) is 71.3 Å². The van der Waals surface area contributed by atoms with Crippen molar-refractivity contribution in [1.82, 2.24) is 5.32 Å². The van der Waals surface area contributed by atoms with Gasteiger partial charge in [-0.05, 0) is 36.6 Å². The Balaban J connectivity index is 1.76. The van der Waals surface area contributed by atoms with Gasteiger partial charge in [-0.25, -0.2) is 0 Å². The summed E-state index contributed by atoms with van der Waals surface area (Å²) in [7, 11) is 0. The molecule has 17 heavy (non-hydrogen) atoms. The molecule has 0 fully saturated rings. The van der Waals surface area contributed by atoms with E-state index in [-0.39, 0.29) is 0 Å². The number of nitrogens with one attached hydrogen (secondary N) is 1. The highest BCUT2D eigenvalue weighted by Gasteiger charge is 1.96. The smallest absolute Gasteiger partial charge is 0.0208 e. The molecule has 0 aliphatic carbocycles. The minimum atomic E-state index is 0.958. The molecule has 0 saturated heterocycles. The third-order valence-electron chi connectivity index (χ3n) is 3.01. The zero-order valence-corrected chi connectivity index (χ0v) is 10.3. The fraction of sp³-hybridized carbons (Fsp3) is 0.250. The highest BCUT2D eigenvalue weighted by atomic mass is 14.8. The van der Waals surface area contributed by atoms with Gasteiger partial charge in [0.2, 0.25) is 0 Å². The summed E-state index contributed by atoms with van der Waals surface area (Å²) in [5.41, 5.74) is 4.14. The highest BCUT2D eigenvalue weighted by Crippen LogP contribution is 2.06. The van der Waals surface area contributed by atoms with Crippen LogP contribution >= 0.6 is 0 Å². The maximum absolute atomic E-state index is 3.49. The fourth-order valence-corrected chi connectivity index (χ4v) is 1.91. The summed E-state index contributed by atoms with van der Waals surface area (Å²) in [5, 5.41) is 3.49. The summed E-state index contributed by atoms with van der Waals surface area (Å²) in [6.45, 7) is 4.14. The summed E-state index contributed by atoms with van der Waals surface area (Å²) in [5.74, 6) is 0. The van der Waals surface area contributed by atoms with Crippen LogP contribution < -0.4 is 5.32 Å². The molecule has 0 saturated carbocycles. The van der Waals surface area contributed by atoms with Crippen molar-refractivity contribution in [1.29, 1.82) is 0 Å². The largest absolute Gasteiger partial charge is 0.312 e. The number of hydrogen-bond donors (Lipinski definition) is 1. The molecule has 1 heteroatoms. The van der Waals surface area contributed by atoms with Crippen molar-refractivity contribution in [2.24, 2.45) is 0 Å². The normalized spacial score (nSPS) is 10.4. The molecule has 0 atom stereocenters. The summed E-state index contributed by atoms with van der Waals surface area (Å²) >= 11 is 0. The van der Waals surface area contributed by atoms with E-state index in [0.717, 1.165) is 19.5 Å². The van der Waals surface area contributed by atoms with Crippen LogP contribution in [0.4, 0.5) is 0 Å². The predicted octanol–water partition coefficient (Wildman–Crippen LogP) is 3.33. The van der Waals surface area contributed by atoms with Gasteiger partial charge >= 0.3 is 0 Å². The molecular formula is C16H19N. The molecule has 0 aromatic heterocycles. The molecule has 0 heterocycles. The number of aryl methyl sites for hydroxylation is 1. The average Bonchev–Trinajstić information content (AvgIpc) is 2.38. The van der Waals surface area contributed by atoms with Gasteiger partial charge in [0.1, 0.15) is 0 Å². The topological polar surface area (TPSA) is 12.0 Å². The SMILES string of the molecule is Cc1ccccc1CNCCc1ccccc1. The molecule has 0 aliphatic rings. The third-order valence-corrected chi connectivity index (χ3v) is 3.01. The van der Waals surface area contributed by atoms with Gasteiger partial charge in [0, 0.05) is 6.54 Å². The summed E-state index contributed by atoms with van der Waals surface area (Å²) < 4.78 is 0. The van der Waals surface area contributed by atoms with E-state index in [1.54, 1.807) is 0 Å². The van der Waals surface area contributed by atoms with Gasteiger partial charge in [0.25, 0.3) is 0 Å². The van der Waals surface area contributed by atoms with Crippen molar-refractivity contribution < 1.29 is 0 Å². The van der Waals surface area contributed by atoms with Gasteiger partial charge in [0.15, 0.2) is 0 Å². The van der Waals surface area contributed by atoms with Gasteiger partial charge < -0.3 is 5.32 Å². The summed E-state index contributed by atoms with van der Waals surface area (Å²) in [4.78, 5) is 0. The number of hydrogen-bond acceptors (Lipinski definition) is 1. The standard InChI is InChI=1S/C16H19N/c1-14-7-5-6-10-16(14)13-17-12-11-15-8-3-2-4-9-15/h2-10,17H,11-13H2,1H3. The van der Waals surface area contributed by atoms with Crippen LogP contribution in [-0.2, 0) is 13.0 Å². The lowest BCUT2D eigenvalue weighted by atomic mass is 10.1. The molecule has 1 N–H and O–H groups in total. The molecule has 1 nitrogen and oxygen atoms in total. The van der Waals surface area contributed by atoms with Gasteiger partial charge in [-0.15, -0.1) is 0 Å². The van der Waals surface area contributed by atoms with Crippen molar-refractivity contribution in [3.63, 3.8) is 0 Å². The number of benzene rings is 2. The van der Waals surface area contributed by atoms with Crippen LogP contribution in [0.2, 0.25) is 0 Å². The minimum absolute atomic E-state index is 0.958. The highest BCUT2D eigenvalue weighted by molar-refractivity contribution is 5.25. The van der Waals surface area contributed by atoms with Crippen LogP contribution in [0.3, 0.4) is 0 Å². The molecular weight excluding hydrogens is 206 g/mol. The number of rotatable bonds is 5. The summed E-state index contributed by atoms with van der Waals surface area (Å²) in [6.07, 6.45) is 1.09. The molecule has 2 rings (SSSR count). The van der Waals surface area contributed by atoms with E-state index < -0.39 is 0 Å². The maximum atomic E-state index is 3.49. The quantitative estimate of drug-likeness (QED) is 0.770. The average molecular weight is 225 g/mol. The molecule has 0 bridgehead atoms. The first kappa shape index (κ1) is 11.9. The molecule has 0 radical (unpaired) electrons. The molecule has 0 unspecified atom stereocenters. The lowest BCUT2D eigenvalue weighted by Crippen LogP contribution is -2.17. The van der Waals surface area contributed by atoms with E-state index in [1.807, 2.05) is 0 Å². The van der Waals surface area contributed by atoms with E-state index in [2.05, 4.69) is 66.8 Å². The summed E-state index contributed by atoms with van der Waals surface area (Å²) in [6, 6.07) is 19.1. The van der Waals surface area contributed by atoms with Gasteiger partial charge in [-0.1, -0.05) is 54.6 Å². The van der Waals surface area contributed by atoms with Gasteiger partial charge in [-0.3, -0.25) is 0 Å². The second-order valence-electron chi connectivity index (χ2n) is 4.34. The Bertz CT molecular complexity index is 448. The first-order chi connectivity index (χ1) is 8.36. The Kier molecular flexibility index (Phi) is 4.34. The molecule has 2 aromatic carbocycles. The van der Waals surface area contributed by atoms with E-state index in [9.17, 15) is 0 Å². The molecule has 0 amide bonds. The van der Waals surface area contributed by atoms with Crippen LogP contribution in [0.15, 0.2) is 54.6 Å². The molecule has 88 valence electrons. The first-order valence-electron chi connectivity index (χ1n) is 6.15. The molecule has 0 spiro atoms. The predicted molar refractivity (Wildman–Crippen MR) is 73.0 cm³/mol. The van der Waals surface area contributed by atoms with Crippen molar-refractivity contribution in [2.75, 3.05) is 6.54 Å². The van der Waals surface area contributed by atoms with E-state index in [1.165, 1.54) is 16.7 Å². The fourth-order valence-electron chi connectivity index (χ4n) is 1.91. The Morgan fingerprint density at radius 2 is 1.59 bits per heavy atom. The zero-order valence-electron chi connectivity index (χ0n) is 10.3. The molecule has 2 aromatic rings. The monoisotopic (exact) mass is 225 g/mol. The van der Waals surface area contributed by atoms with Gasteiger partial charge in [0.05, 0.1) is 0 Å². The third kappa shape index (κ3) is 3.72. The second kappa shape index (κ2) is 6.21. The van der Waals surface area contributed by atoms with Crippen LogP contribution in [0.25, 0.3) is 0 Å². The Morgan fingerprint density at radius 3 is 2.35 bits per heavy atom. The van der Waals surface area contributed by atoms with E-state index in [4.69, 9.17) is 0 Å². The van der Waals surface area contributed by atoms with Crippen molar-refractivity contribution in [3.8, 4) is 0 Å². The lowest BCUT2D eigenvalue weighted by molar-refractivity contribution is 0.684.